The number of carbonyl (C=O) groups excluding carboxylic acids is 1. The maximum atomic E-state index is 12.7. The van der Waals surface area contributed by atoms with E-state index in [9.17, 15) is 18.0 Å². The molecule has 0 spiro atoms. The Kier molecular flexibility index (Phi) is 8.00. The van der Waals surface area contributed by atoms with Crippen molar-refractivity contribution in [3.05, 3.63) is 114 Å². The third kappa shape index (κ3) is 7.43. The number of ketones is 1. The van der Waals surface area contributed by atoms with Crippen LogP contribution in [0.4, 0.5) is 13.2 Å². The average Bonchev–Trinajstić information content (AvgIpc) is 2.87. The number of aryl methyl sites for hydroxylation is 1. The average molecular weight is 492 g/mol. The van der Waals surface area contributed by atoms with E-state index in [1.165, 1.54) is 12.1 Å². The minimum atomic E-state index is -4.79. The minimum absolute atomic E-state index is 0.136. The molecule has 184 valence electrons. The number of benzene rings is 3. The van der Waals surface area contributed by atoms with Crippen molar-refractivity contribution in [2.24, 2.45) is 0 Å². The minimum Gasteiger partial charge on any atom is -0.488 e. The Balaban J connectivity index is 1.40. The number of ether oxygens (including phenoxy) is 2. The van der Waals surface area contributed by atoms with Crippen LogP contribution in [0.15, 0.2) is 97.3 Å². The SMILES string of the molecule is O=C(CCc1cccnc1)Cc1ccc(COc2cc(OC(F)(F)F)ccc2-c2ccccc2)cc1. The standard InChI is InChI=1S/C29H24F3NO3/c30-29(31,32)36-26-14-15-27(24-6-2-1-3-7-24)28(18-26)35-20-23-10-8-21(9-11-23)17-25(34)13-12-22-5-4-16-33-19-22/h1-11,14-16,18-19H,12-13,17,20H2. The summed E-state index contributed by atoms with van der Waals surface area (Å²) in [6, 6.07) is 24.5. The van der Waals surface area contributed by atoms with E-state index in [0.717, 1.165) is 22.3 Å². The maximum Gasteiger partial charge on any atom is 0.573 e. The van der Waals surface area contributed by atoms with E-state index in [2.05, 4.69) is 9.72 Å². The second-order valence-corrected chi connectivity index (χ2v) is 8.25. The molecular weight excluding hydrogens is 467 g/mol. The van der Waals surface area contributed by atoms with Gasteiger partial charge in [0, 0.05) is 36.9 Å². The molecule has 0 unspecified atom stereocenters. The van der Waals surface area contributed by atoms with Crippen molar-refractivity contribution in [1.82, 2.24) is 4.98 Å². The van der Waals surface area contributed by atoms with Crippen LogP contribution in [-0.4, -0.2) is 17.1 Å². The lowest BCUT2D eigenvalue weighted by Gasteiger charge is -2.15. The van der Waals surface area contributed by atoms with Gasteiger partial charge in [-0.2, -0.15) is 0 Å². The van der Waals surface area contributed by atoms with Crippen molar-refractivity contribution in [3.8, 4) is 22.6 Å². The first-order valence-electron chi connectivity index (χ1n) is 11.4. The predicted octanol–water partition coefficient (Wildman–Crippen LogP) is 6.97. The number of nitrogens with zero attached hydrogens (tertiary/aromatic N) is 1. The van der Waals surface area contributed by atoms with Gasteiger partial charge in [-0.15, -0.1) is 13.2 Å². The summed E-state index contributed by atoms with van der Waals surface area (Å²) in [5.74, 6) is 0.0618. The molecule has 0 fully saturated rings. The van der Waals surface area contributed by atoms with Crippen LogP contribution in [0, 0.1) is 0 Å². The number of aromatic nitrogens is 1. The largest absolute Gasteiger partial charge is 0.573 e. The fourth-order valence-electron chi connectivity index (χ4n) is 3.74. The number of Topliss-reactive ketones (excluding diaryl/α,β-unsaturated/α-hetero) is 1. The normalized spacial score (nSPS) is 11.2. The van der Waals surface area contributed by atoms with Crippen molar-refractivity contribution in [2.45, 2.75) is 32.2 Å². The Morgan fingerprint density at radius 1 is 0.833 bits per heavy atom. The molecule has 4 rings (SSSR count). The van der Waals surface area contributed by atoms with E-state index in [1.807, 2.05) is 66.7 Å². The van der Waals surface area contributed by atoms with Gasteiger partial charge in [0.1, 0.15) is 23.9 Å². The fraction of sp³-hybridized carbons (Fsp3) is 0.172. The van der Waals surface area contributed by atoms with E-state index in [0.29, 0.717) is 24.8 Å². The summed E-state index contributed by atoms with van der Waals surface area (Å²) in [5, 5.41) is 0. The zero-order valence-corrected chi connectivity index (χ0v) is 19.4. The highest BCUT2D eigenvalue weighted by Gasteiger charge is 2.31. The van der Waals surface area contributed by atoms with E-state index in [-0.39, 0.29) is 23.9 Å². The van der Waals surface area contributed by atoms with Crippen LogP contribution in [-0.2, 0) is 24.2 Å². The molecule has 1 heterocycles. The van der Waals surface area contributed by atoms with Gasteiger partial charge in [-0.1, -0.05) is 60.7 Å². The first-order chi connectivity index (χ1) is 17.4. The van der Waals surface area contributed by atoms with Crippen molar-refractivity contribution in [1.29, 1.82) is 0 Å². The third-order valence-electron chi connectivity index (χ3n) is 5.51. The molecule has 4 aromatic rings. The summed E-state index contributed by atoms with van der Waals surface area (Å²) in [4.78, 5) is 16.4. The third-order valence-corrected chi connectivity index (χ3v) is 5.51. The molecule has 0 aliphatic rings. The maximum absolute atomic E-state index is 12.7. The summed E-state index contributed by atoms with van der Waals surface area (Å²) < 4.78 is 48.2. The number of hydrogen-bond donors (Lipinski definition) is 0. The fourth-order valence-corrected chi connectivity index (χ4v) is 3.74. The molecule has 0 amide bonds. The van der Waals surface area contributed by atoms with Crippen LogP contribution in [0.3, 0.4) is 0 Å². The molecule has 0 saturated heterocycles. The Morgan fingerprint density at radius 2 is 1.58 bits per heavy atom. The van der Waals surface area contributed by atoms with Crippen LogP contribution in [0.5, 0.6) is 11.5 Å². The highest BCUT2D eigenvalue weighted by atomic mass is 19.4. The van der Waals surface area contributed by atoms with Gasteiger partial charge >= 0.3 is 6.36 Å². The van der Waals surface area contributed by atoms with E-state index in [1.54, 1.807) is 18.5 Å². The zero-order valence-electron chi connectivity index (χ0n) is 19.4. The molecule has 0 aliphatic heterocycles. The topological polar surface area (TPSA) is 48.4 Å². The summed E-state index contributed by atoms with van der Waals surface area (Å²) in [6.07, 6.45) is 0.0874. The molecule has 0 saturated carbocycles. The second-order valence-electron chi connectivity index (χ2n) is 8.25. The second kappa shape index (κ2) is 11.5. The lowest BCUT2D eigenvalue weighted by atomic mass is 10.0. The van der Waals surface area contributed by atoms with Crippen LogP contribution >= 0.6 is 0 Å². The number of pyridine rings is 1. The zero-order chi connectivity index (χ0) is 25.4. The number of carbonyl (C=O) groups is 1. The number of halogens is 3. The lowest BCUT2D eigenvalue weighted by Crippen LogP contribution is -2.17. The summed E-state index contributed by atoms with van der Waals surface area (Å²) in [5.41, 5.74) is 4.20. The smallest absolute Gasteiger partial charge is 0.488 e. The number of alkyl halides is 3. The molecule has 0 aliphatic carbocycles. The molecule has 0 N–H and O–H groups in total. The van der Waals surface area contributed by atoms with E-state index in [4.69, 9.17) is 4.74 Å². The predicted molar refractivity (Wildman–Crippen MR) is 131 cm³/mol. The molecule has 0 atom stereocenters. The quantitative estimate of drug-likeness (QED) is 0.240. The van der Waals surface area contributed by atoms with Gasteiger partial charge in [0.25, 0.3) is 0 Å². The van der Waals surface area contributed by atoms with Gasteiger partial charge in [0.05, 0.1) is 0 Å². The molecule has 0 bridgehead atoms. The molecule has 0 radical (unpaired) electrons. The highest BCUT2D eigenvalue weighted by Crippen LogP contribution is 2.35. The molecule has 36 heavy (non-hydrogen) atoms. The van der Waals surface area contributed by atoms with Gasteiger partial charge < -0.3 is 9.47 Å². The van der Waals surface area contributed by atoms with Crippen LogP contribution in [0.1, 0.15) is 23.1 Å². The number of hydrogen-bond acceptors (Lipinski definition) is 4. The first kappa shape index (κ1) is 25.0. The van der Waals surface area contributed by atoms with E-state index >= 15 is 0 Å². The van der Waals surface area contributed by atoms with Gasteiger partial charge in [0.2, 0.25) is 0 Å². The highest BCUT2D eigenvalue weighted by molar-refractivity contribution is 5.81. The van der Waals surface area contributed by atoms with Gasteiger partial charge in [-0.3, -0.25) is 9.78 Å². The Hall–Kier alpha value is -4.13. The van der Waals surface area contributed by atoms with Gasteiger partial charge in [-0.05, 0) is 46.9 Å². The van der Waals surface area contributed by atoms with Crippen LogP contribution in [0.25, 0.3) is 11.1 Å². The molecule has 3 aromatic carbocycles. The van der Waals surface area contributed by atoms with Gasteiger partial charge in [-0.25, -0.2) is 0 Å². The molecule has 4 nitrogen and oxygen atoms in total. The summed E-state index contributed by atoms with van der Waals surface area (Å²) in [6.45, 7) is 0.143. The molecule has 1 aromatic heterocycles. The first-order valence-corrected chi connectivity index (χ1v) is 11.4. The Morgan fingerprint density at radius 3 is 2.28 bits per heavy atom. The summed E-state index contributed by atoms with van der Waals surface area (Å²) >= 11 is 0. The van der Waals surface area contributed by atoms with Crippen molar-refractivity contribution in [2.75, 3.05) is 0 Å². The van der Waals surface area contributed by atoms with Crippen molar-refractivity contribution >= 4 is 5.78 Å². The lowest BCUT2D eigenvalue weighted by molar-refractivity contribution is -0.274. The van der Waals surface area contributed by atoms with Crippen molar-refractivity contribution in [3.63, 3.8) is 0 Å². The van der Waals surface area contributed by atoms with Crippen LogP contribution in [0.2, 0.25) is 0 Å². The monoisotopic (exact) mass is 491 g/mol. The number of rotatable bonds is 10. The van der Waals surface area contributed by atoms with Gasteiger partial charge in [0.15, 0.2) is 0 Å². The van der Waals surface area contributed by atoms with E-state index < -0.39 is 6.36 Å². The summed E-state index contributed by atoms with van der Waals surface area (Å²) in [7, 11) is 0. The Labute approximate surface area is 207 Å². The van der Waals surface area contributed by atoms with Crippen molar-refractivity contribution < 1.29 is 27.4 Å². The van der Waals surface area contributed by atoms with Crippen LogP contribution < -0.4 is 9.47 Å². The molecular formula is C29H24F3NO3. The Bertz CT molecular complexity index is 1270. The molecule has 7 heteroatoms.